The maximum Gasteiger partial charge on any atom is 0.431 e. The lowest BCUT2D eigenvalue weighted by Crippen LogP contribution is -2.20. The maximum atomic E-state index is 12.7. The van der Waals surface area contributed by atoms with Gasteiger partial charge in [0.25, 0.3) is 0 Å². The van der Waals surface area contributed by atoms with E-state index in [9.17, 15) is 18.0 Å². The number of benzene rings is 1. The Morgan fingerprint density at radius 3 is 2.21 bits per heavy atom. The monoisotopic (exact) mass is 313 g/mol. The van der Waals surface area contributed by atoms with Crippen LogP contribution in [0.3, 0.4) is 0 Å². The van der Waals surface area contributed by atoms with E-state index in [2.05, 4.69) is 4.74 Å². The number of carbonyl (C=O) groups is 1. The van der Waals surface area contributed by atoms with E-state index in [1.165, 1.54) is 18.2 Å². The number of hydrogen-bond donors (Lipinski definition) is 1. The number of allylic oxidation sites excluding steroid dienone is 1. The summed E-state index contributed by atoms with van der Waals surface area (Å²) in [6, 6.07) is 3.85. The van der Waals surface area contributed by atoms with Gasteiger partial charge in [-0.25, -0.2) is 4.79 Å². The van der Waals surface area contributed by atoms with Crippen molar-refractivity contribution in [3.05, 3.63) is 40.0 Å². The van der Waals surface area contributed by atoms with Crippen molar-refractivity contribution in [3.63, 3.8) is 0 Å². The molecule has 0 bridgehead atoms. The van der Waals surface area contributed by atoms with Gasteiger partial charge in [-0.2, -0.15) is 13.2 Å². The van der Waals surface area contributed by atoms with E-state index >= 15 is 0 Å². The Labute approximate surface area is 116 Å². The summed E-state index contributed by atoms with van der Waals surface area (Å²) in [4.78, 5) is 10.9. The smallest absolute Gasteiger partial charge is 0.431 e. The molecule has 104 valence electrons. The summed E-state index contributed by atoms with van der Waals surface area (Å²) in [6.07, 6.45) is -4.45. The second kappa shape index (κ2) is 6.16. The van der Waals surface area contributed by atoms with Gasteiger partial charge in [-0.1, -0.05) is 23.2 Å². The number of halogens is 5. The highest BCUT2D eigenvalue weighted by Gasteiger charge is 2.35. The Kier molecular flexibility index (Phi) is 5.08. The molecule has 1 aromatic carbocycles. The summed E-state index contributed by atoms with van der Waals surface area (Å²) in [5.41, 5.74) is -1.28. The average Bonchev–Trinajstić information content (AvgIpc) is 2.25. The average molecular weight is 314 g/mol. The van der Waals surface area contributed by atoms with Crippen LogP contribution in [0, 0.1) is 0 Å². The van der Waals surface area contributed by atoms with Gasteiger partial charge in [-0.3, -0.25) is 0 Å². The van der Waals surface area contributed by atoms with Crippen LogP contribution in [0.5, 0.6) is 0 Å². The highest BCUT2D eigenvalue weighted by atomic mass is 35.5. The van der Waals surface area contributed by atoms with E-state index in [-0.39, 0.29) is 15.7 Å². The number of anilines is 1. The van der Waals surface area contributed by atoms with Crippen LogP contribution >= 0.6 is 23.2 Å². The minimum absolute atomic E-state index is 0.00461. The third kappa shape index (κ3) is 5.00. The lowest BCUT2D eigenvalue weighted by Gasteiger charge is -2.14. The van der Waals surface area contributed by atoms with Gasteiger partial charge in [0.1, 0.15) is 5.70 Å². The molecule has 19 heavy (non-hydrogen) atoms. The number of rotatable bonds is 3. The van der Waals surface area contributed by atoms with Crippen molar-refractivity contribution >= 4 is 34.9 Å². The van der Waals surface area contributed by atoms with Gasteiger partial charge < -0.3 is 10.1 Å². The van der Waals surface area contributed by atoms with Crippen LogP contribution in [-0.4, -0.2) is 19.3 Å². The zero-order valence-electron chi connectivity index (χ0n) is 9.52. The molecule has 1 aromatic rings. The number of carbonyl (C=O) groups excluding carboxylic acids is 1. The lowest BCUT2D eigenvalue weighted by atomic mass is 10.3. The topological polar surface area (TPSA) is 38.3 Å². The Morgan fingerprint density at radius 1 is 1.26 bits per heavy atom. The van der Waals surface area contributed by atoms with Crippen LogP contribution in [-0.2, 0) is 9.53 Å². The fraction of sp³-hybridized carbons (Fsp3) is 0.182. The molecule has 0 radical (unpaired) electrons. The Hall–Kier alpha value is -1.40. The van der Waals surface area contributed by atoms with Crippen molar-refractivity contribution in [1.29, 1.82) is 0 Å². The Bertz CT molecular complexity index is 495. The number of alkyl halides is 3. The molecule has 0 spiro atoms. The third-order valence-corrected chi connectivity index (χ3v) is 2.35. The fourth-order valence-electron chi connectivity index (χ4n) is 1.15. The van der Waals surface area contributed by atoms with Crippen LogP contribution in [0.2, 0.25) is 10.0 Å². The van der Waals surface area contributed by atoms with E-state index in [4.69, 9.17) is 23.2 Å². The largest absolute Gasteiger partial charge is 0.466 e. The predicted octanol–water partition coefficient (Wildman–Crippen LogP) is 4.02. The molecule has 1 N–H and O–H groups in total. The number of methoxy groups -OCH3 is 1. The van der Waals surface area contributed by atoms with Crippen molar-refractivity contribution in [2.75, 3.05) is 12.4 Å². The fourth-order valence-corrected chi connectivity index (χ4v) is 1.67. The molecule has 3 nitrogen and oxygen atoms in total. The summed E-state index contributed by atoms with van der Waals surface area (Å²) in [5.74, 6) is -1.13. The van der Waals surface area contributed by atoms with Crippen molar-refractivity contribution < 1.29 is 22.7 Å². The van der Waals surface area contributed by atoms with E-state index in [0.29, 0.717) is 6.08 Å². The zero-order valence-corrected chi connectivity index (χ0v) is 11.0. The molecule has 8 heteroatoms. The third-order valence-electron chi connectivity index (χ3n) is 1.91. The molecule has 0 saturated heterocycles. The number of ether oxygens (including phenoxy) is 1. The van der Waals surface area contributed by atoms with Crippen molar-refractivity contribution in [3.8, 4) is 0 Å². The summed E-state index contributed by atoms with van der Waals surface area (Å²) >= 11 is 11.3. The molecule has 0 saturated carbocycles. The van der Waals surface area contributed by atoms with Gasteiger partial charge in [0.15, 0.2) is 0 Å². The molecule has 0 amide bonds. The Morgan fingerprint density at radius 2 is 1.79 bits per heavy atom. The van der Waals surface area contributed by atoms with Gasteiger partial charge in [-0.05, 0) is 18.2 Å². The standard InChI is InChI=1S/C11H8Cl2F3NO2/c1-19-10(18)5-9(11(14,15)16)17-8-3-6(12)2-7(13)4-8/h2-5,17H,1H3/b9-5+. The van der Waals surface area contributed by atoms with Gasteiger partial charge >= 0.3 is 12.1 Å². The Balaban J connectivity index is 3.08. The van der Waals surface area contributed by atoms with E-state index < -0.39 is 17.8 Å². The molecular formula is C11H8Cl2F3NO2. The molecule has 0 aliphatic heterocycles. The van der Waals surface area contributed by atoms with E-state index in [0.717, 1.165) is 7.11 Å². The zero-order chi connectivity index (χ0) is 14.6. The van der Waals surface area contributed by atoms with Crippen LogP contribution in [0.15, 0.2) is 30.0 Å². The molecular weight excluding hydrogens is 306 g/mol. The summed E-state index contributed by atoms with van der Waals surface area (Å²) in [7, 11) is 0.975. The lowest BCUT2D eigenvalue weighted by molar-refractivity contribution is -0.135. The quantitative estimate of drug-likeness (QED) is 0.676. The van der Waals surface area contributed by atoms with Crippen molar-refractivity contribution in [1.82, 2.24) is 0 Å². The van der Waals surface area contributed by atoms with Gasteiger partial charge in [0.2, 0.25) is 0 Å². The van der Waals surface area contributed by atoms with Crippen molar-refractivity contribution in [2.45, 2.75) is 6.18 Å². The van der Waals surface area contributed by atoms with Crippen LogP contribution < -0.4 is 5.32 Å². The first kappa shape index (κ1) is 15.7. The molecule has 0 fully saturated rings. The second-order valence-corrected chi connectivity index (χ2v) is 4.23. The highest BCUT2D eigenvalue weighted by molar-refractivity contribution is 6.35. The summed E-state index contributed by atoms with van der Waals surface area (Å²) in [5, 5.41) is 2.36. The van der Waals surface area contributed by atoms with E-state index in [1.807, 2.05) is 5.32 Å². The first-order chi connectivity index (χ1) is 8.72. The minimum Gasteiger partial charge on any atom is -0.466 e. The van der Waals surface area contributed by atoms with Gasteiger partial charge in [-0.15, -0.1) is 0 Å². The predicted molar refractivity (Wildman–Crippen MR) is 66.2 cm³/mol. The molecule has 0 heterocycles. The molecule has 1 rings (SSSR count). The van der Waals surface area contributed by atoms with Crippen LogP contribution in [0.25, 0.3) is 0 Å². The van der Waals surface area contributed by atoms with Crippen LogP contribution in [0.4, 0.5) is 18.9 Å². The normalized spacial score (nSPS) is 12.2. The summed E-state index contributed by atoms with van der Waals surface area (Å²) < 4.78 is 42.3. The van der Waals surface area contributed by atoms with Crippen LogP contribution in [0.1, 0.15) is 0 Å². The number of hydrogen-bond acceptors (Lipinski definition) is 3. The first-order valence-corrected chi connectivity index (χ1v) is 5.58. The highest BCUT2D eigenvalue weighted by Crippen LogP contribution is 2.29. The maximum absolute atomic E-state index is 12.7. The second-order valence-electron chi connectivity index (χ2n) is 3.36. The minimum atomic E-state index is -4.75. The van der Waals surface area contributed by atoms with Crippen molar-refractivity contribution in [2.24, 2.45) is 0 Å². The summed E-state index contributed by atoms with van der Waals surface area (Å²) in [6.45, 7) is 0. The molecule has 0 aromatic heterocycles. The SMILES string of the molecule is COC(=O)/C=C(/Nc1cc(Cl)cc(Cl)c1)C(F)(F)F. The molecule has 0 unspecified atom stereocenters. The molecule has 0 atom stereocenters. The van der Waals surface area contributed by atoms with Gasteiger partial charge in [0, 0.05) is 15.7 Å². The van der Waals surface area contributed by atoms with Gasteiger partial charge in [0.05, 0.1) is 13.2 Å². The molecule has 0 aliphatic carbocycles. The molecule has 0 aliphatic rings. The van der Waals surface area contributed by atoms with E-state index in [1.54, 1.807) is 0 Å². The number of esters is 1. The first-order valence-electron chi connectivity index (χ1n) is 4.82. The number of nitrogens with one attached hydrogen (secondary N) is 1.